The van der Waals surface area contributed by atoms with Crippen molar-refractivity contribution in [2.45, 2.75) is 31.6 Å². The Morgan fingerprint density at radius 2 is 2.25 bits per heavy atom. The van der Waals surface area contributed by atoms with Crippen LogP contribution in [0.1, 0.15) is 26.7 Å². The molecule has 0 aliphatic carbocycles. The number of nitrogens with one attached hydrogen (secondary N) is 1. The molecule has 1 aliphatic rings. The van der Waals surface area contributed by atoms with E-state index in [1.54, 1.807) is 0 Å². The van der Waals surface area contributed by atoms with Crippen LogP contribution in [0.25, 0.3) is 0 Å². The van der Waals surface area contributed by atoms with Gasteiger partial charge >= 0.3 is 0 Å². The van der Waals surface area contributed by atoms with Crippen molar-refractivity contribution >= 4 is 27.4 Å². The summed E-state index contributed by atoms with van der Waals surface area (Å²) in [5.41, 5.74) is 0. The highest BCUT2D eigenvalue weighted by atomic mass is 35.5. The lowest BCUT2D eigenvalue weighted by atomic mass is 10.1. The monoisotopic (exact) mass is 317 g/mol. The molecule has 2 heterocycles. The molecule has 0 radical (unpaired) electrons. The molecule has 5 nitrogen and oxygen atoms in total. The first kappa shape index (κ1) is 15.5. The van der Waals surface area contributed by atoms with E-state index < -0.39 is 10.0 Å². The van der Waals surface area contributed by atoms with E-state index in [0.29, 0.717) is 36.4 Å². The second-order valence-electron chi connectivity index (χ2n) is 4.96. The summed E-state index contributed by atoms with van der Waals surface area (Å²) in [6.45, 7) is 5.87. The first-order valence-corrected chi connectivity index (χ1v) is 8.70. The standard InChI is InChI=1S/C13H20ClN3O2S/c1-3-10-5-6-17(9-10)20(18,19)11-7-12(14)13(15-4-2)16-8-11/h7-8,10H,3-6,9H2,1-2H3,(H,15,16). The predicted molar refractivity (Wildman–Crippen MR) is 80.6 cm³/mol. The molecule has 7 heteroatoms. The van der Waals surface area contributed by atoms with Gasteiger partial charge < -0.3 is 5.32 Å². The van der Waals surface area contributed by atoms with Crippen LogP contribution in [-0.2, 0) is 10.0 Å². The number of hydrogen-bond donors (Lipinski definition) is 1. The van der Waals surface area contributed by atoms with Gasteiger partial charge in [-0.3, -0.25) is 0 Å². The van der Waals surface area contributed by atoms with Gasteiger partial charge in [0.2, 0.25) is 10.0 Å². The van der Waals surface area contributed by atoms with E-state index in [0.717, 1.165) is 12.8 Å². The van der Waals surface area contributed by atoms with Crippen molar-refractivity contribution in [1.29, 1.82) is 0 Å². The molecule has 1 aromatic heterocycles. The molecule has 1 unspecified atom stereocenters. The molecule has 20 heavy (non-hydrogen) atoms. The fourth-order valence-corrected chi connectivity index (χ4v) is 4.16. The van der Waals surface area contributed by atoms with E-state index in [9.17, 15) is 8.42 Å². The zero-order valence-corrected chi connectivity index (χ0v) is 13.3. The Labute approximate surface area is 125 Å². The third kappa shape index (κ3) is 3.07. The number of rotatable bonds is 5. The van der Waals surface area contributed by atoms with Crippen molar-refractivity contribution in [3.8, 4) is 0 Å². The summed E-state index contributed by atoms with van der Waals surface area (Å²) < 4.78 is 26.6. The molecule has 1 aromatic rings. The van der Waals surface area contributed by atoms with E-state index in [-0.39, 0.29) is 4.90 Å². The Kier molecular flexibility index (Phi) is 4.88. The van der Waals surface area contributed by atoms with Gasteiger partial charge in [-0.1, -0.05) is 24.9 Å². The van der Waals surface area contributed by atoms with Gasteiger partial charge in [0.1, 0.15) is 10.7 Å². The minimum absolute atomic E-state index is 0.168. The molecule has 0 amide bonds. The lowest BCUT2D eigenvalue weighted by molar-refractivity contribution is 0.453. The van der Waals surface area contributed by atoms with Crippen LogP contribution < -0.4 is 5.32 Å². The molecule has 0 saturated carbocycles. The summed E-state index contributed by atoms with van der Waals surface area (Å²) in [6.07, 6.45) is 3.30. The third-order valence-electron chi connectivity index (χ3n) is 3.62. The predicted octanol–water partition coefficient (Wildman–Crippen LogP) is 2.59. The van der Waals surface area contributed by atoms with Crippen LogP contribution in [0.15, 0.2) is 17.2 Å². The molecular weight excluding hydrogens is 298 g/mol. The summed E-state index contributed by atoms with van der Waals surface area (Å²) in [7, 11) is -3.48. The molecule has 1 aliphatic heterocycles. The van der Waals surface area contributed by atoms with Gasteiger partial charge in [0.25, 0.3) is 0 Å². The summed E-state index contributed by atoms with van der Waals surface area (Å²) >= 11 is 6.07. The maximum absolute atomic E-state index is 12.5. The highest BCUT2D eigenvalue weighted by Crippen LogP contribution is 2.28. The molecule has 1 atom stereocenters. The molecule has 0 spiro atoms. The summed E-state index contributed by atoms with van der Waals surface area (Å²) in [5.74, 6) is 0.968. The number of pyridine rings is 1. The second kappa shape index (κ2) is 6.28. The average Bonchev–Trinajstić information content (AvgIpc) is 2.90. The van der Waals surface area contributed by atoms with Crippen molar-refractivity contribution in [3.63, 3.8) is 0 Å². The zero-order valence-electron chi connectivity index (χ0n) is 11.8. The van der Waals surface area contributed by atoms with Crippen LogP contribution in [0.2, 0.25) is 5.02 Å². The summed E-state index contributed by atoms with van der Waals surface area (Å²) in [5, 5.41) is 3.32. The van der Waals surface area contributed by atoms with Gasteiger partial charge in [-0.15, -0.1) is 0 Å². The molecule has 0 bridgehead atoms. The fraction of sp³-hybridized carbons (Fsp3) is 0.615. The van der Waals surface area contributed by atoms with E-state index in [4.69, 9.17) is 11.6 Å². The fourth-order valence-electron chi connectivity index (χ4n) is 2.36. The number of aromatic nitrogens is 1. The van der Waals surface area contributed by atoms with Gasteiger partial charge in [0.15, 0.2) is 0 Å². The van der Waals surface area contributed by atoms with Gasteiger partial charge in [0.05, 0.1) is 5.02 Å². The van der Waals surface area contributed by atoms with E-state index in [1.165, 1.54) is 16.6 Å². The molecular formula is C13H20ClN3O2S. The summed E-state index contributed by atoms with van der Waals surface area (Å²) in [4.78, 5) is 4.26. The van der Waals surface area contributed by atoms with Crippen molar-refractivity contribution < 1.29 is 8.42 Å². The van der Waals surface area contributed by atoms with Crippen LogP contribution in [0, 0.1) is 5.92 Å². The van der Waals surface area contributed by atoms with E-state index in [2.05, 4.69) is 17.2 Å². The quantitative estimate of drug-likeness (QED) is 0.906. The van der Waals surface area contributed by atoms with Gasteiger partial charge in [-0.2, -0.15) is 4.31 Å². The lowest BCUT2D eigenvalue weighted by Gasteiger charge is -2.17. The first-order chi connectivity index (χ1) is 9.48. The first-order valence-electron chi connectivity index (χ1n) is 6.88. The minimum atomic E-state index is -3.48. The topological polar surface area (TPSA) is 62.3 Å². The Hall–Kier alpha value is -0.850. The maximum Gasteiger partial charge on any atom is 0.244 e. The largest absolute Gasteiger partial charge is 0.369 e. The van der Waals surface area contributed by atoms with Crippen LogP contribution in [0.5, 0.6) is 0 Å². The molecule has 2 rings (SSSR count). The Morgan fingerprint density at radius 1 is 1.50 bits per heavy atom. The number of hydrogen-bond acceptors (Lipinski definition) is 4. The number of sulfonamides is 1. The Bertz CT molecular complexity index is 577. The van der Waals surface area contributed by atoms with Crippen LogP contribution in [-0.4, -0.2) is 37.3 Å². The summed E-state index contributed by atoms with van der Waals surface area (Å²) in [6, 6.07) is 1.47. The number of anilines is 1. The zero-order chi connectivity index (χ0) is 14.8. The van der Waals surface area contributed by atoms with Crippen molar-refractivity contribution in [2.75, 3.05) is 25.0 Å². The number of nitrogens with zero attached hydrogens (tertiary/aromatic N) is 2. The smallest absolute Gasteiger partial charge is 0.244 e. The molecule has 1 fully saturated rings. The van der Waals surface area contributed by atoms with E-state index >= 15 is 0 Å². The second-order valence-corrected chi connectivity index (χ2v) is 7.30. The highest BCUT2D eigenvalue weighted by Gasteiger charge is 2.32. The Morgan fingerprint density at radius 3 is 2.80 bits per heavy atom. The highest BCUT2D eigenvalue weighted by molar-refractivity contribution is 7.89. The van der Waals surface area contributed by atoms with E-state index in [1.807, 2.05) is 6.92 Å². The van der Waals surface area contributed by atoms with Crippen LogP contribution in [0.4, 0.5) is 5.82 Å². The number of halogens is 1. The SMILES string of the molecule is CCNc1ncc(S(=O)(=O)N2CCC(CC)C2)cc1Cl. The average molecular weight is 318 g/mol. The molecule has 0 aromatic carbocycles. The maximum atomic E-state index is 12.5. The van der Waals surface area contributed by atoms with Crippen LogP contribution >= 0.6 is 11.6 Å². The molecule has 112 valence electrons. The van der Waals surface area contributed by atoms with Gasteiger partial charge in [0, 0.05) is 25.8 Å². The van der Waals surface area contributed by atoms with Crippen molar-refractivity contribution in [1.82, 2.24) is 9.29 Å². The van der Waals surface area contributed by atoms with Crippen molar-refractivity contribution in [3.05, 3.63) is 17.3 Å². The Balaban J connectivity index is 2.24. The lowest BCUT2D eigenvalue weighted by Crippen LogP contribution is -2.29. The molecule has 1 saturated heterocycles. The third-order valence-corrected chi connectivity index (χ3v) is 5.74. The van der Waals surface area contributed by atoms with Crippen LogP contribution in [0.3, 0.4) is 0 Å². The molecule has 1 N–H and O–H groups in total. The van der Waals surface area contributed by atoms with Crippen molar-refractivity contribution in [2.24, 2.45) is 5.92 Å². The normalized spacial score (nSPS) is 20.2. The van der Waals surface area contributed by atoms with Gasteiger partial charge in [-0.05, 0) is 25.3 Å². The minimum Gasteiger partial charge on any atom is -0.369 e. The van der Waals surface area contributed by atoms with Gasteiger partial charge in [-0.25, -0.2) is 13.4 Å².